The van der Waals surface area contributed by atoms with Gasteiger partial charge in [-0.1, -0.05) is 23.2 Å². The molecular weight excluding hydrogens is 275 g/mol. The Morgan fingerprint density at radius 1 is 1.44 bits per heavy atom. The van der Waals surface area contributed by atoms with Crippen molar-refractivity contribution >= 4 is 29.1 Å². The van der Waals surface area contributed by atoms with Crippen LogP contribution < -0.4 is 0 Å². The van der Waals surface area contributed by atoms with Gasteiger partial charge in [0.1, 0.15) is 0 Å². The molecule has 1 aromatic rings. The van der Waals surface area contributed by atoms with E-state index in [0.29, 0.717) is 28.8 Å². The molecule has 18 heavy (non-hydrogen) atoms. The molecule has 6 heteroatoms. The molecule has 1 saturated heterocycles. The van der Waals surface area contributed by atoms with Gasteiger partial charge >= 0.3 is 0 Å². The molecule has 1 fully saturated rings. The first-order chi connectivity index (χ1) is 8.61. The van der Waals surface area contributed by atoms with Gasteiger partial charge in [0.25, 0.3) is 5.91 Å². The molecule has 94 valence electrons. The molecule has 1 heterocycles. The molecule has 0 spiro atoms. The van der Waals surface area contributed by atoms with E-state index in [1.807, 2.05) is 6.07 Å². The van der Waals surface area contributed by atoms with Gasteiger partial charge in [0, 0.05) is 12.1 Å². The number of carbonyl (C=O) groups excluding carboxylic acids is 1. The molecule has 0 saturated carbocycles. The van der Waals surface area contributed by atoms with E-state index in [9.17, 15) is 4.79 Å². The van der Waals surface area contributed by atoms with Gasteiger partial charge in [-0.3, -0.25) is 4.79 Å². The summed E-state index contributed by atoms with van der Waals surface area (Å²) in [4.78, 5) is 13.8. The summed E-state index contributed by atoms with van der Waals surface area (Å²) in [6.45, 7) is 1.11. The van der Waals surface area contributed by atoms with Crippen LogP contribution in [0.5, 0.6) is 0 Å². The summed E-state index contributed by atoms with van der Waals surface area (Å²) in [5.74, 6) is -0.169. The molecule has 0 aromatic heterocycles. The molecule has 4 nitrogen and oxygen atoms in total. The van der Waals surface area contributed by atoms with Gasteiger partial charge in [0.2, 0.25) is 0 Å². The van der Waals surface area contributed by atoms with Crippen molar-refractivity contribution in [2.24, 2.45) is 0 Å². The number of benzene rings is 1. The Morgan fingerprint density at radius 2 is 2.22 bits per heavy atom. The highest BCUT2D eigenvalue weighted by molar-refractivity contribution is 6.42. The highest BCUT2D eigenvalue weighted by Gasteiger charge is 2.25. The zero-order chi connectivity index (χ0) is 13.1. The van der Waals surface area contributed by atoms with Crippen molar-refractivity contribution in [3.8, 4) is 6.07 Å². The van der Waals surface area contributed by atoms with E-state index in [1.165, 1.54) is 6.07 Å². The number of ether oxygens (including phenoxy) is 1. The van der Waals surface area contributed by atoms with Crippen molar-refractivity contribution in [3.05, 3.63) is 33.8 Å². The third-order valence-corrected chi connectivity index (χ3v) is 3.40. The van der Waals surface area contributed by atoms with Crippen molar-refractivity contribution in [1.82, 2.24) is 4.90 Å². The van der Waals surface area contributed by atoms with Gasteiger partial charge in [-0.25, -0.2) is 0 Å². The lowest BCUT2D eigenvalue weighted by atomic mass is 10.1. The van der Waals surface area contributed by atoms with Crippen LogP contribution in [0.25, 0.3) is 0 Å². The molecule has 1 amide bonds. The highest BCUT2D eigenvalue weighted by atomic mass is 35.5. The van der Waals surface area contributed by atoms with Gasteiger partial charge < -0.3 is 9.64 Å². The lowest BCUT2D eigenvalue weighted by Crippen LogP contribution is -2.45. The maximum absolute atomic E-state index is 12.2. The van der Waals surface area contributed by atoms with Crippen LogP contribution in [-0.2, 0) is 4.74 Å². The third-order valence-electron chi connectivity index (χ3n) is 2.66. The monoisotopic (exact) mass is 284 g/mol. The van der Waals surface area contributed by atoms with Crippen LogP contribution in [0, 0.1) is 11.3 Å². The van der Waals surface area contributed by atoms with Gasteiger partial charge in [-0.2, -0.15) is 5.26 Å². The molecule has 1 aromatic carbocycles. The number of halogens is 2. The number of nitriles is 1. The van der Waals surface area contributed by atoms with E-state index in [-0.39, 0.29) is 12.5 Å². The van der Waals surface area contributed by atoms with E-state index in [0.717, 1.165) is 0 Å². The largest absolute Gasteiger partial charge is 0.360 e. The molecule has 1 unspecified atom stereocenters. The van der Waals surface area contributed by atoms with Crippen LogP contribution in [0.1, 0.15) is 10.4 Å². The van der Waals surface area contributed by atoms with Gasteiger partial charge in [-0.15, -0.1) is 0 Å². The first-order valence-corrected chi connectivity index (χ1v) is 6.13. The van der Waals surface area contributed by atoms with E-state index < -0.39 is 6.10 Å². The van der Waals surface area contributed by atoms with Crippen molar-refractivity contribution < 1.29 is 9.53 Å². The van der Waals surface area contributed by atoms with Gasteiger partial charge in [0.15, 0.2) is 6.10 Å². The second-order valence-electron chi connectivity index (χ2n) is 3.87. The maximum Gasteiger partial charge on any atom is 0.254 e. The lowest BCUT2D eigenvalue weighted by Gasteiger charge is -2.29. The summed E-state index contributed by atoms with van der Waals surface area (Å²) in [6, 6.07) is 6.73. The zero-order valence-electron chi connectivity index (χ0n) is 9.40. The fourth-order valence-corrected chi connectivity index (χ4v) is 2.02. The second kappa shape index (κ2) is 5.57. The predicted octanol–water partition coefficient (Wildman–Crippen LogP) is 2.36. The molecule has 1 aliphatic heterocycles. The Labute approximate surface area is 115 Å². The molecular formula is C12H10Cl2N2O2. The normalized spacial score (nSPS) is 19.4. The number of hydrogen-bond donors (Lipinski definition) is 0. The van der Waals surface area contributed by atoms with E-state index in [1.54, 1.807) is 17.0 Å². The zero-order valence-corrected chi connectivity index (χ0v) is 10.9. The molecule has 1 atom stereocenters. The molecule has 0 aliphatic carbocycles. The Balaban J connectivity index is 2.15. The summed E-state index contributed by atoms with van der Waals surface area (Å²) in [6.07, 6.45) is -0.564. The molecule has 2 rings (SSSR count). The number of nitrogens with zero attached hydrogens (tertiary/aromatic N) is 2. The number of rotatable bonds is 1. The average molecular weight is 285 g/mol. The van der Waals surface area contributed by atoms with Crippen LogP contribution in [0.3, 0.4) is 0 Å². The van der Waals surface area contributed by atoms with Crippen molar-refractivity contribution in [2.45, 2.75) is 6.10 Å². The van der Waals surface area contributed by atoms with Crippen LogP contribution in [0.2, 0.25) is 10.0 Å². The fraction of sp³-hybridized carbons (Fsp3) is 0.333. The number of carbonyl (C=O) groups is 1. The minimum absolute atomic E-state index is 0.169. The Kier molecular flexibility index (Phi) is 4.07. The smallest absolute Gasteiger partial charge is 0.254 e. The first-order valence-electron chi connectivity index (χ1n) is 5.37. The number of hydrogen-bond acceptors (Lipinski definition) is 3. The Hall–Kier alpha value is -1.28. The minimum atomic E-state index is -0.564. The molecule has 0 radical (unpaired) electrons. The van der Waals surface area contributed by atoms with Crippen molar-refractivity contribution in [2.75, 3.05) is 19.7 Å². The average Bonchev–Trinajstić information content (AvgIpc) is 2.41. The van der Waals surface area contributed by atoms with Crippen LogP contribution in [-0.4, -0.2) is 36.6 Å². The number of amides is 1. The lowest BCUT2D eigenvalue weighted by molar-refractivity contribution is 0.00347. The van der Waals surface area contributed by atoms with Crippen molar-refractivity contribution in [3.63, 3.8) is 0 Å². The Morgan fingerprint density at radius 3 is 2.89 bits per heavy atom. The molecule has 0 bridgehead atoms. The summed E-state index contributed by atoms with van der Waals surface area (Å²) >= 11 is 11.7. The third kappa shape index (κ3) is 2.75. The summed E-state index contributed by atoms with van der Waals surface area (Å²) in [7, 11) is 0. The SMILES string of the molecule is N#CC1CN(C(=O)c2ccc(Cl)c(Cl)c2)CCO1. The second-order valence-corrected chi connectivity index (χ2v) is 4.68. The molecule has 0 N–H and O–H groups in total. The number of morpholine rings is 1. The summed E-state index contributed by atoms with van der Waals surface area (Å²) < 4.78 is 5.18. The Bertz CT molecular complexity index is 513. The van der Waals surface area contributed by atoms with Crippen LogP contribution in [0.4, 0.5) is 0 Å². The van der Waals surface area contributed by atoms with Crippen LogP contribution >= 0.6 is 23.2 Å². The van der Waals surface area contributed by atoms with Crippen molar-refractivity contribution in [1.29, 1.82) is 5.26 Å². The van der Waals surface area contributed by atoms with E-state index >= 15 is 0 Å². The van der Waals surface area contributed by atoms with Gasteiger partial charge in [0.05, 0.1) is 29.3 Å². The standard InChI is InChI=1S/C12H10Cl2N2O2/c13-10-2-1-8(5-11(10)14)12(17)16-3-4-18-9(6-15)7-16/h1-2,5,9H,3-4,7H2. The molecule has 1 aliphatic rings. The van der Waals surface area contributed by atoms with Crippen LogP contribution in [0.15, 0.2) is 18.2 Å². The summed E-state index contributed by atoms with van der Waals surface area (Å²) in [5.41, 5.74) is 0.461. The van der Waals surface area contributed by atoms with E-state index in [4.69, 9.17) is 33.2 Å². The predicted molar refractivity (Wildman–Crippen MR) is 67.7 cm³/mol. The highest BCUT2D eigenvalue weighted by Crippen LogP contribution is 2.23. The topological polar surface area (TPSA) is 53.3 Å². The quantitative estimate of drug-likeness (QED) is 0.796. The minimum Gasteiger partial charge on any atom is -0.360 e. The maximum atomic E-state index is 12.2. The van der Waals surface area contributed by atoms with Gasteiger partial charge in [-0.05, 0) is 18.2 Å². The fourth-order valence-electron chi connectivity index (χ4n) is 1.72. The van der Waals surface area contributed by atoms with E-state index in [2.05, 4.69) is 0 Å². The first kappa shape index (κ1) is 13.2. The summed E-state index contributed by atoms with van der Waals surface area (Å²) in [5, 5.41) is 9.54.